The second-order valence-corrected chi connectivity index (χ2v) is 5.32. The molecule has 0 amide bonds. The van der Waals surface area contributed by atoms with Crippen LogP contribution in [-0.4, -0.2) is 32.8 Å². The van der Waals surface area contributed by atoms with Gasteiger partial charge in [-0.1, -0.05) is 6.92 Å². The second-order valence-electron chi connectivity index (χ2n) is 5.32. The number of hydrogen-bond donors (Lipinski definition) is 1. The quantitative estimate of drug-likeness (QED) is 0.826. The summed E-state index contributed by atoms with van der Waals surface area (Å²) >= 11 is 0. The largest absolute Gasteiger partial charge is 0.467 e. The number of rotatable bonds is 5. The summed E-state index contributed by atoms with van der Waals surface area (Å²) in [6.07, 6.45) is 3.58. The maximum atomic E-state index is 11.3. The Morgan fingerprint density at radius 3 is 2.89 bits per heavy atom. The maximum absolute atomic E-state index is 11.3. The number of carbonyl (C=O) groups excluding carboxylic acids is 1. The van der Waals surface area contributed by atoms with E-state index in [1.165, 1.54) is 13.4 Å². The van der Waals surface area contributed by atoms with Crippen molar-refractivity contribution >= 4 is 5.97 Å². The van der Waals surface area contributed by atoms with E-state index >= 15 is 0 Å². The molecule has 5 nitrogen and oxygen atoms in total. The van der Waals surface area contributed by atoms with Crippen LogP contribution < -0.4 is 5.32 Å². The third-order valence-corrected chi connectivity index (χ3v) is 3.63. The second kappa shape index (κ2) is 6.21. The van der Waals surface area contributed by atoms with Crippen LogP contribution in [0.25, 0.3) is 0 Å². The van der Waals surface area contributed by atoms with Gasteiger partial charge in [-0.3, -0.25) is 0 Å². The number of ether oxygens (including phenoxy) is 2. The average Bonchev–Trinajstić information content (AvgIpc) is 2.87. The van der Waals surface area contributed by atoms with Crippen LogP contribution in [0, 0.1) is 5.41 Å². The molecule has 0 atom stereocenters. The van der Waals surface area contributed by atoms with Crippen LogP contribution >= 0.6 is 0 Å². The van der Waals surface area contributed by atoms with Gasteiger partial charge in [0.25, 0.3) is 0 Å². The third-order valence-electron chi connectivity index (χ3n) is 3.63. The molecule has 0 saturated carbocycles. The van der Waals surface area contributed by atoms with Crippen molar-refractivity contribution in [3.05, 3.63) is 23.7 Å². The Kier molecular flexibility index (Phi) is 4.61. The van der Waals surface area contributed by atoms with E-state index in [2.05, 4.69) is 17.0 Å². The summed E-state index contributed by atoms with van der Waals surface area (Å²) < 4.78 is 15.3. The molecule has 1 aliphatic heterocycles. The number of carbonyl (C=O) groups is 1. The van der Waals surface area contributed by atoms with E-state index in [-0.39, 0.29) is 11.4 Å². The van der Waals surface area contributed by atoms with Crippen molar-refractivity contribution in [2.24, 2.45) is 5.41 Å². The lowest BCUT2D eigenvalue weighted by Gasteiger charge is -2.33. The number of nitrogens with one attached hydrogen (secondary N) is 1. The molecular formula is C14H21NO4. The predicted octanol–water partition coefficient (Wildman–Crippen LogP) is 1.97. The molecule has 1 aromatic rings. The fourth-order valence-corrected chi connectivity index (χ4v) is 2.23. The van der Waals surface area contributed by atoms with Gasteiger partial charge in [-0.15, -0.1) is 0 Å². The Morgan fingerprint density at radius 2 is 2.21 bits per heavy atom. The number of hydrogen-bond acceptors (Lipinski definition) is 5. The zero-order chi connectivity index (χ0) is 13.7. The van der Waals surface area contributed by atoms with E-state index in [4.69, 9.17) is 9.15 Å². The summed E-state index contributed by atoms with van der Waals surface area (Å²) in [5.41, 5.74) is 0.743. The van der Waals surface area contributed by atoms with E-state index in [1.54, 1.807) is 6.07 Å². The molecule has 106 valence electrons. The molecule has 0 bridgehead atoms. The van der Waals surface area contributed by atoms with Crippen LogP contribution in [0.2, 0.25) is 0 Å². The first-order valence-corrected chi connectivity index (χ1v) is 6.57. The van der Waals surface area contributed by atoms with E-state index in [9.17, 15) is 4.79 Å². The maximum Gasteiger partial charge on any atom is 0.341 e. The number of methoxy groups -OCH3 is 1. The number of furan rings is 1. The Labute approximate surface area is 113 Å². The normalized spacial score (nSPS) is 18.2. The topological polar surface area (TPSA) is 60.7 Å². The summed E-state index contributed by atoms with van der Waals surface area (Å²) in [4.78, 5) is 11.3. The molecule has 1 N–H and O–H groups in total. The van der Waals surface area contributed by atoms with Crippen LogP contribution in [-0.2, 0) is 16.0 Å². The Bertz CT molecular complexity index is 421. The van der Waals surface area contributed by atoms with Crippen LogP contribution in [0.1, 0.15) is 35.9 Å². The summed E-state index contributed by atoms with van der Waals surface area (Å²) in [5, 5.41) is 3.38. The fourth-order valence-electron chi connectivity index (χ4n) is 2.23. The molecule has 1 fully saturated rings. The highest BCUT2D eigenvalue weighted by Gasteiger charge is 2.26. The minimum Gasteiger partial charge on any atom is -0.467 e. The monoisotopic (exact) mass is 267 g/mol. The van der Waals surface area contributed by atoms with Gasteiger partial charge in [-0.05, 0) is 24.3 Å². The summed E-state index contributed by atoms with van der Waals surface area (Å²) in [6, 6.07) is 1.71. The lowest BCUT2D eigenvalue weighted by molar-refractivity contribution is 0.0238. The zero-order valence-electron chi connectivity index (χ0n) is 11.5. The first kappa shape index (κ1) is 14.1. The van der Waals surface area contributed by atoms with Crippen molar-refractivity contribution in [1.29, 1.82) is 0 Å². The molecule has 0 unspecified atom stereocenters. The van der Waals surface area contributed by atoms with E-state index in [0.717, 1.165) is 38.4 Å². The molecule has 2 heterocycles. The van der Waals surface area contributed by atoms with Gasteiger partial charge < -0.3 is 19.2 Å². The van der Waals surface area contributed by atoms with E-state index in [0.29, 0.717) is 12.1 Å². The zero-order valence-corrected chi connectivity index (χ0v) is 11.5. The molecule has 2 rings (SSSR count). The molecule has 1 aliphatic rings. The highest BCUT2D eigenvalue weighted by molar-refractivity contribution is 5.88. The SMILES string of the molecule is COC(=O)c1coc(CNCC2(C)CCOCC2)c1. The van der Waals surface area contributed by atoms with Gasteiger partial charge in [0.05, 0.1) is 19.2 Å². The van der Waals surface area contributed by atoms with Gasteiger partial charge in [0, 0.05) is 19.8 Å². The highest BCUT2D eigenvalue weighted by Crippen LogP contribution is 2.28. The van der Waals surface area contributed by atoms with Gasteiger partial charge in [0.1, 0.15) is 12.0 Å². The lowest BCUT2D eigenvalue weighted by Crippen LogP contribution is -2.36. The van der Waals surface area contributed by atoms with Crippen LogP contribution in [0.4, 0.5) is 0 Å². The summed E-state index contributed by atoms with van der Waals surface area (Å²) in [6.45, 7) is 5.49. The first-order valence-electron chi connectivity index (χ1n) is 6.57. The molecule has 1 aromatic heterocycles. The van der Waals surface area contributed by atoms with Crippen LogP contribution in [0.15, 0.2) is 16.7 Å². The Hall–Kier alpha value is -1.33. The standard InChI is InChI=1S/C14H21NO4/c1-14(3-5-18-6-4-14)10-15-8-12-7-11(9-19-12)13(16)17-2/h7,9,15H,3-6,8,10H2,1-2H3. The molecule has 19 heavy (non-hydrogen) atoms. The van der Waals surface area contributed by atoms with Gasteiger partial charge in [0.15, 0.2) is 0 Å². The van der Waals surface area contributed by atoms with Crippen molar-refractivity contribution in [3.63, 3.8) is 0 Å². The van der Waals surface area contributed by atoms with E-state index < -0.39 is 0 Å². The average molecular weight is 267 g/mol. The van der Waals surface area contributed by atoms with Crippen LogP contribution in [0.3, 0.4) is 0 Å². The smallest absolute Gasteiger partial charge is 0.341 e. The molecule has 1 saturated heterocycles. The van der Waals surface area contributed by atoms with Gasteiger partial charge in [-0.2, -0.15) is 0 Å². The summed E-state index contributed by atoms with van der Waals surface area (Å²) in [7, 11) is 1.36. The van der Waals surface area contributed by atoms with Crippen molar-refractivity contribution in [1.82, 2.24) is 5.32 Å². The molecule has 0 aliphatic carbocycles. The van der Waals surface area contributed by atoms with Gasteiger partial charge in [0.2, 0.25) is 0 Å². The van der Waals surface area contributed by atoms with Crippen molar-refractivity contribution < 1.29 is 18.7 Å². The van der Waals surface area contributed by atoms with Gasteiger partial charge >= 0.3 is 5.97 Å². The van der Waals surface area contributed by atoms with Crippen molar-refractivity contribution in [2.45, 2.75) is 26.3 Å². The molecule has 0 spiro atoms. The van der Waals surface area contributed by atoms with Gasteiger partial charge in [-0.25, -0.2) is 4.79 Å². The molecular weight excluding hydrogens is 246 g/mol. The van der Waals surface area contributed by atoms with Crippen molar-refractivity contribution in [3.8, 4) is 0 Å². The van der Waals surface area contributed by atoms with Crippen molar-refractivity contribution in [2.75, 3.05) is 26.9 Å². The minimum atomic E-state index is -0.369. The molecule has 0 aromatic carbocycles. The lowest BCUT2D eigenvalue weighted by atomic mass is 9.82. The first-order chi connectivity index (χ1) is 9.13. The molecule has 0 radical (unpaired) electrons. The van der Waals surface area contributed by atoms with E-state index in [1.807, 2.05) is 0 Å². The number of esters is 1. The third kappa shape index (κ3) is 3.81. The Balaban J connectivity index is 1.79. The fraction of sp³-hybridized carbons (Fsp3) is 0.643. The summed E-state index contributed by atoms with van der Waals surface area (Å²) in [5.74, 6) is 0.377. The molecule has 5 heteroatoms. The highest BCUT2D eigenvalue weighted by atomic mass is 16.5. The Morgan fingerprint density at radius 1 is 1.47 bits per heavy atom. The van der Waals surface area contributed by atoms with Crippen LogP contribution in [0.5, 0.6) is 0 Å². The predicted molar refractivity (Wildman–Crippen MR) is 69.9 cm³/mol. The minimum absolute atomic E-state index is 0.288.